The first-order valence-corrected chi connectivity index (χ1v) is 10.7. The number of para-hydroxylation sites is 2. The summed E-state index contributed by atoms with van der Waals surface area (Å²) in [5.74, 6) is 1.73. The lowest BCUT2D eigenvalue weighted by Crippen LogP contribution is -2.29. The van der Waals surface area contributed by atoms with E-state index in [1.807, 2.05) is 31.2 Å². The van der Waals surface area contributed by atoms with E-state index >= 15 is 0 Å². The van der Waals surface area contributed by atoms with Gasteiger partial charge in [0.25, 0.3) is 0 Å². The van der Waals surface area contributed by atoms with Crippen molar-refractivity contribution < 1.29 is 13.2 Å². The molecule has 5 rings (SSSR count). The second-order valence-corrected chi connectivity index (χ2v) is 9.13. The summed E-state index contributed by atoms with van der Waals surface area (Å²) >= 11 is 0. The number of aryl methyl sites for hydroxylation is 1. The molecule has 1 unspecified atom stereocenters. The number of nitrogens with zero attached hydrogens (tertiary/aromatic N) is 3. The Morgan fingerprint density at radius 3 is 2.93 bits per heavy atom. The molecule has 0 amide bonds. The lowest BCUT2D eigenvalue weighted by molar-refractivity contribution is 0.356. The Balaban J connectivity index is 1.45. The number of aromatic nitrogens is 2. The van der Waals surface area contributed by atoms with Gasteiger partial charge in [-0.25, -0.2) is 13.4 Å². The molecule has 1 saturated heterocycles. The van der Waals surface area contributed by atoms with Crippen molar-refractivity contribution in [2.24, 2.45) is 0 Å². The maximum Gasteiger partial charge on any atom is 0.243 e. The van der Waals surface area contributed by atoms with E-state index in [4.69, 9.17) is 4.74 Å². The lowest BCUT2D eigenvalue weighted by atomic mass is 10.2. The van der Waals surface area contributed by atoms with E-state index in [1.54, 1.807) is 22.5 Å². The largest absolute Gasteiger partial charge is 0.493 e. The molecule has 2 aliphatic heterocycles. The molecule has 0 radical (unpaired) electrons. The minimum absolute atomic E-state index is 0.102. The Labute approximate surface area is 158 Å². The van der Waals surface area contributed by atoms with Crippen LogP contribution >= 0.6 is 0 Å². The summed E-state index contributed by atoms with van der Waals surface area (Å²) in [6.45, 7) is 3.60. The Bertz CT molecular complexity index is 1140. The quantitative estimate of drug-likeness (QED) is 0.698. The van der Waals surface area contributed by atoms with Gasteiger partial charge in [0.15, 0.2) is 0 Å². The number of imidazole rings is 1. The molecule has 7 heteroatoms. The number of sulfonamides is 1. The fraction of sp³-hybridized carbons (Fsp3) is 0.350. The first-order valence-electron chi connectivity index (χ1n) is 9.23. The topological polar surface area (TPSA) is 64.4 Å². The van der Waals surface area contributed by atoms with Crippen LogP contribution in [0, 0.1) is 6.92 Å². The predicted molar refractivity (Wildman–Crippen MR) is 103 cm³/mol. The summed E-state index contributed by atoms with van der Waals surface area (Å²) in [5.41, 5.74) is 2.99. The van der Waals surface area contributed by atoms with Crippen molar-refractivity contribution in [2.45, 2.75) is 30.7 Å². The molecule has 0 saturated carbocycles. The van der Waals surface area contributed by atoms with E-state index in [-0.39, 0.29) is 6.04 Å². The highest BCUT2D eigenvalue weighted by Crippen LogP contribution is 2.33. The summed E-state index contributed by atoms with van der Waals surface area (Å²) in [6, 6.07) is 13.3. The van der Waals surface area contributed by atoms with E-state index in [0.29, 0.717) is 24.6 Å². The van der Waals surface area contributed by atoms with Gasteiger partial charge in [-0.2, -0.15) is 4.31 Å². The SMILES string of the molecule is Cc1nc2ccccc2n1C1CCN(S(=O)(=O)c2ccc3c(c2)CCO3)C1. The summed E-state index contributed by atoms with van der Waals surface area (Å²) in [5, 5.41) is 0. The standard InChI is InChI=1S/C20H21N3O3S/c1-14-21-18-4-2-3-5-19(18)23(14)16-8-10-22(13-16)27(24,25)17-6-7-20-15(12-17)9-11-26-20/h2-7,12,16H,8-11,13H2,1H3. The third-order valence-electron chi connectivity index (χ3n) is 5.56. The molecule has 3 heterocycles. The first-order chi connectivity index (χ1) is 13.0. The molecule has 2 aromatic carbocycles. The summed E-state index contributed by atoms with van der Waals surface area (Å²) in [6.07, 6.45) is 1.55. The summed E-state index contributed by atoms with van der Waals surface area (Å²) in [4.78, 5) is 4.98. The number of rotatable bonds is 3. The van der Waals surface area contributed by atoms with Gasteiger partial charge in [-0.15, -0.1) is 0 Å². The molecular weight excluding hydrogens is 362 g/mol. The van der Waals surface area contributed by atoms with Crippen LogP contribution in [-0.4, -0.2) is 42.0 Å². The zero-order valence-electron chi connectivity index (χ0n) is 15.1. The maximum absolute atomic E-state index is 13.2. The Hall–Kier alpha value is -2.38. The summed E-state index contributed by atoms with van der Waals surface area (Å²) < 4.78 is 35.6. The highest BCUT2D eigenvalue weighted by Gasteiger charge is 2.35. The molecule has 2 aliphatic rings. The van der Waals surface area contributed by atoms with Crippen LogP contribution in [0.3, 0.4) is 0 Å². The number of hydrogen-bond acceptors (Lipinski definition) is 4. The summed E-state index contributed by atoms with van der Waals surface area (Å²) in [7, 11) is -3.51. The molecule has 0 spiro atoms. The Morgan fingerprint density at radius 1 is 1.19 bits per heavy atom. The fourth-order valence-electron chi connectivity index (χ4n) is 4.24. The van der Waals surface area contributed by atoms with Crippen molar-refractivity contribution >= 4 is 21.1 Å². The Kier molecular flexibility index (Phi) is 3.77. The third-order valence-corrected chi connectivity index (χ3v) is 7.42. The zero-order valence-corrected chi connectivity index (χ0v) is 15.9. The molecule has 140 valence electrons. The number of hydrogen-bond donors (Lipinski definition) is 0. The van der Waals surface area contributed by atoms with E-state index in [9.17, 15) is 8.42 Å². The van der Waals surface area contributed by atoms with Crippen molar-refractivity contribution in [3.05, 3.63) is 53.9 Å². The van der Waals surface area contributed by atoms with Crippen LogP contribution in [0.25, 0.3) is 11.0 Å². The van der Waals surface area contributed by atoms with E-state index in [1.165, 1.54) is 0 Å². The lowest BCUT2D eigenvalue weighted by Gasteiger charge is -2.19. The molecule has 0 N–H and O–H groups in total. The van der Waals surface area contributed by atoms with Crippen LogP contribution in [-0.2, 0) is 16.4 Å². The molecule has 0 bridgehead atoms. The molecule has 27 heavy (non-hydrogen) atoms. The molecule has 0 aliphatic carbocycles. The maximum atomic E-state index is 13.2. The van der Waals surface area contributed by atoms with Crippen molar-refractivity contribution in [3.8, 4) is 5.75 Å². The van der Waals surface area contributed by atoms with Gasteiger partial charge in [0.1, 0.15) is 11.6 Å². The van der Waals surface area contributed by atoms with Gasteiger partial charge >= 0.3 is 0 Å². The second kappa shape index (κ2) is 6.07. The van der Waals surface area contributed by atoms with Crippen LogP contribution in [0.5, 0.6) is 5.75 Å². The van der Waals surface area contributed by atoms with Crippen molar-refractivity contribution in [1.82, 2.24) is 13.9 Å². The Morgan fingerprint density at radius 2 is 2.04 bits per heavy atom. The van der Waals surface area contributed by atoms with Gasteiger partial charge in [0.05, 0.1) is 28.6 Å². The molecular formula is C20H21N3O3S. The highest BCUT2D eigenvalue weighted by molar-refractivity contribution is 7.89. The monoisotopic (exact) mass is 383 g/mol. The predicted octanol–water partition coefficient (Wildman–Crippen LogP) is 2.92. The van der Waals surface area contributed by atoms with Gasteiger partial charge in [-0.1, -0.05) is 12.1 Å². The van der Waals surface area contributed by atoms with E-state index < -0.39 is 10.0 Å². The highest BCUT2D eigenvalue weighted by atomic mass is 32.2. The second-order valence-electron chi connectivity index (χ2n) is 7.19. The molecule has 1 fully saturated rings. The van der Waals surface area contributed by atoms with E-state index in [2.05, 4.69) is 9.55 Å². The minimum Gasteiger partial charge on any atom is -0.493 e. The average molecular weight is 383 g/mol. The van der Waals surface area contributed by atoms with Crippen molar-refractivity contribution in [3.63, 3.8) is 0 Å². The third kappa shape index (κ3) is 2.64. The number of ether oxygens (including phenoxy) is 1. The minimum atomic E-state index is -3.51. The van der Waals surface area contributed by atoms with Crippen LogP contribution in [0.2, 0.25) is 0 Å². The smallest absolute Gasteiger partial charge is 0.243 e. The fourth-order valence-corrected chi connectivity index (χ4v) is 5.78. The first kappa shape index (κ1) is 16.8. The van der Waals surface area contributed by atoms with Gasteiger partial charge in [-0.3, -0.25) is 0 Å². The molecule has 1 atom stereocenters. The van der Waals surface area contributed by atoms with Crippen LogP contribution < -0.4 is 4.74 Å². The van der Waals surface area contributed by atoms with Gasteiger partial charge in [0, 0.05) is 19.5 Å². The van der Waals surface area contributed by atoms with Crippen molar-refractivity contribution in [2.75, 3.05) is 19.7 Å². The number of fused-ring (bicyclic) bond motifs is 2. The van der Waals surface area contributed by atoms with E-state index in [0.717, 1.165) is 41.0 Å². The average Bonchev–Trinajstić information content (AvgIpc) is 3.38. The molecule has 1 aromatic heterocycles. The van der Waals surface area contributed by atoms with Gasteiger partial charge < -0.3 is 9.30 Å². The van der Waals surface area contributed by atoms with Crippen molar-refractivity contribution in [1.29, 1.82) is 0 Å². The molecule has 3 aromatic rings. The van der Waals surface area contributed by atoms with Crippen LogP contribution in [0.15, 0.2) is 47.4 Å². The normalized spacial score (nSPS) is 20.1. The van der Waals surface area contributed by atoms with Crippen LogP contribution in [0.4, 0.5) is 0 Å². The van der Waals surface area contributed by atoms with Gasteiger partial charge in [0.2, 0.25) is 10.0 Å². The van der Waals surface area contributed by atoms with Gasteiger partial charge in [-0.05, 0) is 49.2 Å². The van der Waals surface area contributed by atoms with Crippen LogP contribution in [0.1, 0.15) is 23.9 Å². The number of benzene rings is 2. The zero-order chi connectivity index (χ0) is 18.6. The molecule has 6 nitrogen and oxygen atoms in total.